The molecule has 0 aromatic heterocycles. The van der Waals surface area contributed by atoms with Crippen LogP contribution in [0.25, 0.3) is 0 Å². The molecule has 25 heavy (non-hydrogen) atoms. The Hall–Kier alpha value is -1.06. The number of carbonyl (C=O) groups excluding carboxylic acids is 2. The van der Waals surface area contributed by atoms with E-state index in [4.69, 9.17) is 9.47 Å². The lowest BCUT2D eigenvalue weighted by Crippen LogP contribution is -2.09. The first kappa shape index (κ1) is 23.9. The highest BCUT2D eigenvalue weighted by Gasteiger charge is 2.06. The van der Waals surface area contributed by atoms with E-state index >= 15 is 0 Å². The Morgan fingerprint density at radius 2 is 1.16 bits per heavy atom. The standard InChI is InChI=1S/C21H40O4/c1-4-5-6-7-8-9-10-14-17-24-20(22)15-12-11-13-16-21(23)25-18-19(2)3/h19H,4-18H2,1-3H3. The van der Waals surface area contributed by atoms with E-state index in [-0.39, 0.29) is 11.9 Å². The predicted molar refractivity (Wildman–Crippen MR) is 102 cm³/mol. The number of hydrogen-bond donors (Lipinski definition) is 0. The minimum absolute atomic E-state index is 0.106. The van der Waals surface area contributed by atoms with Gasteiger partial charge in [0.1, 0.15) is 0 Å². The Labute approximate surface area is 155 Å². The molecule has 0 radical (unpaired) electrons. The topological polar surface area (TPSA) is 52.6 Å². The molecule has 0 saturated carbocycles. The van der Waals surface area contributed by atoms with Crippen molar-refractivity contribution in [3.63, 3.8) is 0 Å². The molecule has 0 heterocycles. The van der Waals surface area contributed by atoms with Gasteiger partial charge in [0, 0.05) is 12.8 Å². The van der Waals surface area contributed by atoms with Crippen molar-refractivity contribution in [2.75, 3.05) is 13.2 Å². The fraction of sp³-hybridized carbons (Fsp3) is 0.905. The second-order valence-electron chi connectivity index (χ2n) is 7.33. The molecule has 0 unspecified atom stereocenters. The molecule has 0 aromatic carbocycles. The highest BCUT2D eigenvalue weighted by Crippen LogP contribution is 2.09. The lowest BCUT2D eigenvalue weighted by Gasteiger charge is -2.07. The van der Waals surface area contributed by atoms with E-state index in [1.807, 2.05) is 13.8 Å². The third-order valence-electron chi connectivity index (χ3n) is 4.10. The normalized spacial score (nSPS) is 10.9. The maximum absolute atomic E-state index is 11.6. The molecule has 148 valence electrons. The molecule has 4 nitrogen and oxygen atoms in total. The molecule has 4 heteroatoms. The van der Waals surface area contributed by atoms with Gasteiger partial charge in [-0.05, 0) is 25.2 Å². The second-order valence-corrected chi connectivity index (χ2v) is 7.33. The number of carbonyl (C=O) groups is 2. The number of rotatable bonds is 17. The summed E-state index contributed by atoms with van der Waals surface area (Å²) >= 11 is 0. The summed E-state index contributed by atoms with van der Waals surface area (Å²) in [6, 6.07) is 0. The molecule has 0 atom stereocenters. The third kappa shape index (κ3) is 19.1. The van der Waals surface area contributed by atoms with Crippen molar-refractivity contribution in [3.05, 3.63) is 0 Å². The van der Waals surface area contributed by atoms with E-state index in [1.54, 1.807) is 0 Å². The van der Waals surface area contributed by atoms with Crippen LogP contribution < -0.4 is 0 Å². The van der Waals surface area contributed by atoms with Crippen LogP contribution >= 0.6 is 0 Å². The first-order chi connectivity index (χ1) is 12.1. The first-order valence-corrected chi connectivity index (χ1v) is 10.4. The molecule has 0 fully saturated rings. The Balaban J connectivity index is 3.29. The van der Waals surface area contributed by atoms with Crippen molar-refractivity contribution >= 4 is 11.9 Å². The minimum Gasteiger partial charge on any atom is -0.466 e. The fourth-order valence-electron chi connectivity index (χ4n) is 2.54. The zero-order chi connectivity index (χ0) is 18.8. The third-order valence-corrected chi connectivity index (χ3v) is 4.10. The van der Waals surface area contributed by atoms with E-state index in [2.05, 4.69) is 6.92 Å². The smallest absolute Gasteiger partial charge is 0.305 e. The fourth-order valence-corrected chi connectivity index (χ4v) is 2.54. The van der Waals surface area contributed by atoms with Crippen molar-refractivity contribution in [1.29, 1.82) is 0 Å². The van der Waals surface area contributed by atoms with Gasteiger partial charge in [-0.1, -0.05) is 72.1 Å². The molecule has 0 amide bonds. The van der Waals surface area contributed by atoms with Gasteiger partial charge in [0.05, 0.1) is 13.2 Å². The van der Waals surface area contributed by atoms with Crippen molar-refractivity contribution in [3.8, 4) is 0 Å². The Morgan fingerprint density at radius 1 is 0.680 bits per heavy atom. The van der Waals surface area contributed by atoms with Gasteiger partial charge in [0.2, 0.25) is 0 Å². The van der Waals surface area contributed by atoms with Crippen LogP contribution in [-0.4, -0.2) is 25.2 Å². The van der Waals surface area contributed by atoms with Crippen molar-refractivity contribution in [1.82, 2.24) is 0 Å². The summed E-state index contributed by atoms with van der Waals surface area (Å²) < 4.78 is 10.4. The highest BCUT2D eigenvalue weighted by atomic mass is 16.5. The molecule has 0 aliphatic heterocycles. The molecule has 0 bridgehead atoms. The van der Waals surface area contributed by atoms with Gasteiger partial charge in [0.15, 0.2) is 0 Å². The van der Waals surface area contributed by atoms with Gasteiger partial charge in [-0.2, -0.15) is 0 Å². The average molecular weight is 357 g/mol. The molecule has 0 N–H and O–H groups in total. The summed E-state index contributed by atoms with van der Waals surface area (Å²) in [4.78, 5) is 23.0. The van der Waals surface area contributed by atoms with Crippen molar-refractivity contribution < 1.29 is 19.1 Å². The van der Waals surface area contributed by atoms with E-state index in [0.29, 0.717) is 32.0 Å². The zero-order valence-corrected chi connectivity index (χ0v) is 16.8. The van der Waals surface area contributed by atoms with Crippen LogP contribution in [0.4, 0.5) is 0 Å². The lowest BCUT2D eigenvalue weighted by atomic mass is 10.1. The first-order valence-electron chi connectivity index (χ1n) is 10.4. The van der Waals surface area contributed by atoms with Crippen molar-refractivity contribution in [2.24, 2.45) is 5.92 Å². The molecule has 0 rings (SSSR count). The Morgan fingerprint density at radius 3 is 1.72 bits per heavy atom. The van der Waals surface area contributed by atoms with Gasteiger partial charge in [-0.25, -0.2) is 0 Å². The lowest BCUT2D eigenvalue weighted by molar-refractivity contribution is -0.144. The molecule has 0 saturated heterocycles. The molecular formula is C21H40O4. The van der Waals surface area contributed by atoms with Crippen LogP contribution in [0.2, 0.25) is 0 Å². The largest absolute Gasteiger partial charge is 0.466 e. The molecule has 0 spiro atoms. The summed E-state index contributed by atoms with van der Waals surface area (Å²) in [7, 11) is 0. The minimum atomic E-state index is -0.133. The van der Waals surface area contributed by atoms with E-state index in [1.165, 1.54) is 38.5 Å². The SMILES string of the molecule is CCCCCCCCCCOC(=O)CCCCCC(=O)OCC(C)C. The molecular weight excluding hydrogens is 316 g/mol. The number of hydrogen-bond acceptors (Lipinski definition) is 4. The summed E-state index contributed by atoms with van der Waals surface area (Å²) in [6.45, 7) is 7.31. The number of unbranched alkanes of at least 4 members (excludes halogenated alkanes) is 9. The summed E-state index contributed by atoms with van der Waals surface area (Å²) in [6.07, 6.45) is 13.3. The van der Waals surface area contributed by atoms with Gasteiger partial charge in [-0.15, -0.1) is 0 Å². The van der Waals surface area contributed by atoms with Crippen LogP contribution in [0.3, 0.4) is 0 Å². The molecule has 0 aromatic rings. The van der Waals surface area contributed by atoms with Gasteiger partial charge < -0.3 is 9.47 Å². The van der Waals surface area contributed by atoms with E-state index in [0.717, 1.165) is 32.1 Å². The second kappa shape index (κ2) is 17.8. The maximum atomic E-state index is 11.6. The van der Waals surface area contributed by atoms with Crippen LogP contribution in [0.5, 0.6) is 0 Å². The summed E-state index contributed by atoms with van der Waals surface area (Å²) in [5.74, 6) is 0.135. The number of esters is 2. The van der Waals surface area contributed by atoms with Crippen LogP contribution in [-0.2, 0) is 19.1 Å². The van der Waals surface area contributed by atoms with Gasteiger partial charge in [0.25, 0.3) is 0 Å². The van der Waals surface area contributed by atoms with Crippen LogP contribution in [0.15, 0.2) is 0 Å². The average Bonchev–Trinajstić information content (AvgIpc) is 2.58. The van der Waals surface area contributed by atoms with Crippen LogP contribution in [0.1, 0.15) is 104 Å². The van der Waals surface area contributed by atoms with Gasteiger partial charge in [-0.3, -0.25) is 9.59 Å². The predicted octanol–water partition coefficient (Wildman–Crippen LogP) is 5.82. The molecule has 0 aliphatic rings. The quantitative estimate of drug-likeness (QED) is 0.243. The Kier molecular flexibility index (Phi) is 17.0. The summed E-state index contributed by atoms with van der Waals surface area (Å²) in [5.41, 5.74) is 0. The molecule has 0 aliphatic carbocycles. The number of ether oxygens (including phenoxy) is 2. The van der Waals surface area contributed by atoms with E-state index in [9.17, 15) is 9.59 Å². The zero-order valence-electron chi connectivity index (χ0n) is 16.8. The summed E-state index contributed by atoms with van der Waals surface area (Å²) in [5, 5.41) is 0. The monoisotopic (exact) mass is 356 g/mol. The highest BCUT2D eigenvalue weighted by molar-refractivity contribution is 5.69. The maximum Gasteiger partial charge on any atom is 0.305 e. The van der Waals surface area contributed by atoms with Crippen molar-refractivity contribution in [2.45, 2.75) is 104 Å². The van der Waals surface area contributed by atoms with E-state index < -0.39 is 0 Å². The Bertz CT molecular complexity index is 326. The van der Waals surface area contributed by atoms with Gasteiger partial charge >= 0.3 is 11.9 Å². The van der Waals surface area contributed by atoms with Crippen LogP contribution in [0, 0.1) is 5.92 Å².